The first kappa shape index (κ1) is 55.9. The minimum Gasteiger partial charge on any atom is -0.409 e. The summed E-state index contributed by atoms with van der Waals surface area (Å²) < 4.78 is 142. The predicted octanol–water partition coefficient (Wildman–Crippen LogP) is 13.0. The molecule has 21 heteroatoms. The number of fused-ring (bicyclic) bond motifs is 1. The van der Waals surface area contributed by atoms with Crippen LogP contribution < -0.4 is 11.5 Å². The maximum atomic E-state index is 13.6. The first-order valence-electron chi connectivity index (χ1n) is 23.8. The average molecular weight is 973 g/mol. The number of halogens is 10. The van der Waals surface area contributed by atoms with Crippen LogP contribution in [-0.2, 0) is 0 Å². The van der Waals surface area contributed by atoms with Gasteiger partial charge in [0.05, 0.1) is 18.0 Å². The monoisotopic (exact) mass is 973 g/mol. The molecule has 0 amide bonds. The second-order valence-corrected chi connectivity index (χ2v) is 20.1. The highest BCUT2D eigenvalue weighted by atomic mass is 19.3. The molecule has 67 heavy (non-hydrogen) atoms. The molecular weight excluding hydrogens is 903 g/mol. The van der Waals surface area contributed by atoms with Gasteiger partial charge in [-0.05, 0) is 76.5 Å². The Morgan fingerprint density at radius 1 is 0.642 bits per heavy atom. The van der Waals surface area contributed by atoms with E-state index in [1.807, 2.05) is 33.8 Å². The van der Waals surface area contributed by atoms with Crippen molar-refractivity contribution in [1.29, 1.82) is 5.26 Å². The Morgan fingerprint density at radius 2 is 1.07 bits per heavy atom. The highest BCUT2D eigenvalue weighted by molar-refractivity contribution is 5.82. The second-order valence-electron chi connectivity index (χ2n) is 20.1. The zero-order valence-electron chi connectivity index (χ0n) is 39.6. The molecule has 11 nitrogen and oxygen atoms in total. The van der Waals surface area contributed by atoms with Crippen molar-refractivity contribution in [3.8, 4) is 6.07 Å². The number of aromatic nitrogens is 4. The number of hydrogen-bond acceptors (Lipinski definition) is 10. The third kappa shape index (κ3) is 14.4. The maximum absolute atomic E-state index is 13.6. The van der Waals surface area contributed by atoms with Gasteiger partial charge in [0, 0.05) is 85.4 Å². The fourth-order valence-corrected chi connectivity index (χ4v) is 9.62. The van der Waals surface area contributed by atoms with E-state index in [9.17, 15) is 43.9 Å². The van der Waals surface area contributed by atoms with Gasteiger partial charge in [-0.3, -0.25) is 0 Å². The molecule has 0 bridgehead atoms. The smallest absolute Gasteiger partial charge is 0.263 e. The van der Waals surface area contributed by atoms with Gasteiger partial charge < -0.3 is 25.7 Å². The number of rotatable bonds is 5. The Balaban J connectivity index is 0.000000186. The van der Waals surface area contributed by atoms with Gasteiger partial charge in [-0.2, -0.15) is 15.2 Å². The molecule has 2 heterocycles. The second kappa shape index (κ2) is 22.8. The molecule has 2 aromatic rings. The summed E-state index contributed by atoms with van der Waals surface area (Å²) in [6.45, 7) is 12.2. The molecule has 6 aliphatic rings. The Labute approximate surface area is 387 Å². The first-order valence-corrected chi connectivity index (χ1v) is 23.8. The minimum atomic E-state index is -2.83. The normalized spacial score (nSPS) is 33.3. The summed E-state index contributed by atoms with van der Waals surface area (Å²) in [4.78, 5) is 8.40. The van der Waals surface area contributed by atoms with Gasteiger partial charge in [0.1, 0.15) is 5.84 Å². The molecule has 8 rings (SSSR count). The number of oxime groups is 1. The third-order valence-corrected chi connectivity index (χ3v) is 14.6. The van der Waals surface area contributed by atoms with Crippen molar-refractivity contribution in [3.05, 3.63) is 23.4 Å². The lowest BCUT2D eigenvalue weighted by Gasteiger charge is -2.34. The van der Waals surface area contributed by atoms with Crippen LogP contribution in [0.1, 0.15) is 198 Å². The van der Waals surface area contributed by atoms with E-state index in [1.165, 1.54) is 13.8 Å². The quantitative estimate of drug-likeness (QED) is 0.0856. The Morgan fingerprint density at radius 3 is 1.54 bits per heavy atom. The van der Waals surface area contributed by atoms with Crippen molar-refractivity contribution in [3.63, 3.8) is 0 Å². The summed E-state index contributed by atoms with van der Waals surface area (Å²) in [6.07, 6.45) is 6.81. The van der Waals surface area contributed by atoms with Crippen molar-refractivity contribution >= 4 is 5.84 Å². The van der Waals surface area contributed by atoms with Crippen molar-refractivity contribution < 1.29 is 58.2 Å². The molecule has 0 aliphatic heterocycles. The van der Waals surface area contributed by atoms with Gasteiger partial charge in [-0.25, -0.2) is 43.9 Å². The predicted molar refractivity (Wildman–Crippen MR) is 229 cm³/mol. The number of alkyl halides is 10. The van der Waals surface area contributed by atoms with E-state index in [0.29, 0.717) is 80.7 Å². The fraction of sp³-hybridized carbons (Fsp3) is 0.870. The SMILES string of the molecule is CC(C)c1nc([C@H]2CCCC(F)(F)[C@@H]2C)no1.CC(C)c1nc([C@H]2CCCC(F)(F)[C@@H]2N)no1.C[C@@H]1[C@@H](C#N)CCCC1(F)F.C[C@@H]1[C@@H](C(N)=NO)CCCC1(F)F.FC1(F)CCC[C@H]2C[C@H]21. The van der Waals surface area contributed by atoms with Crippen molar-refractivity contribution in [2.24, 2.45) is 58.0 Å². The Bertz CT molecular complexity index is 1850. The zero-order chi connectivity index (χ0) is 50.3. The summed E-state index contributed by atoms with van der Waals surface area (Å²) >= 11 is 0. The van der Waals surface area contributed by atoms with Gasteiger partial charge >= 0.3 is 0 Å². The fourth-order valence-electron chi connectivity index (χ4n) is 9.62. The molecule has 0 radical (unpaired) electrons. The topological polar surface area (TPSA) is 186 Å². The van der Waals surface area contributed by atoms with Crippen LogP contribution in [-0.4, -0.2) is 67.0 Å². The molecule has 382 valence electrons. The van der Waals surface area contributed by atoms with E-state index in [-0.39, 0.29) is 61.6 Å². The number of amidine groups is 1. The van der Waals surface area contributed by atoms with Crippen LogP contribution in [0.25, 0.3) is 0 Å². The first-order chi connectivity index (χ1) is 31.1. The molecule has 0 aromatic carbocycles. The molecule has 0 spiro atoms. The molecule has 6 aliphatic carbocycles. The molecule has 5 N–H and O–H groups in total. The van der Waals surface area contributed by atoms with Gasteiger partial charge in [0.2, 0.25) is 11.8 Å². The Hall–Kier alpha value is -3.70. The number of hydrogen-bond donors (Lipinski definition) is 3. The van der Waals surface area contributed by atoms with E-state index in [4.69, 9.17) is 31.0 Å². The van der Waals surface area contributed by atoms with Crippen LogP contribution in [0.5, 0.6) is 0 Å². The standard InChI is InChI=1S/C12H18F2N2O.C11H17F2N3O.C8H14F2N2O.C8H11F2N.C7H10F2/c1-7(2)11-15-10(16-17-11)9-5-4-6-12(13,14)8(9)3;1-6(2)10-15-9(16-17-10)7-4-3-5-11(12,13)8(7)14;1-5-6(7(11)12-13)3-2-4-8(5,9)10;1-6-7(5-11)3-2-4-8(6,9)10;8-7(9)3-1-2-5-4-6(5)7/h7-9H,4-6H2,1-3H3;6-8H,3-5,14H2,1-2H3;5-6,13H,2-4H2,1H3,(H2,11,12);6-7H,2-4H2,1H3;5-6H,1-4H2/t8-,9+;7-,8+;5-,6+;6-,7-;5-,6+/m10110/s1. The lowest BCUT2D eigenvalue weighted by molar-refractivity contribution is -0.0920. The molecule has 0 unspecified atom stereocenters. The van der Waals surface area contributed by atoms with Gasteiger partial charge in [0.15, 0.2) is 11.6 Å². The molecular formula is C46H70F10N8O3. The summed E-state index contributed by atoms with van der Waals surface area (Å²) in [5, 5.41) is 27.3. The van der Waals surface area contributed by atoms with E-state index in [1.54, 1.807) is 6.92 Å². The van der Waals surface area contributed by atoms with Crippen LogP contribution in [0.3, 0.4) is 0 Å². The van der Waals surface area contributed by atoms with Gasteiger partial charge in [-0.1, -0.05) is 63.9 Å². The van der Waals surface area contributed by atoms with E-state index < -0.39 is 71.2 Å². The highest BCUT2D eigenvalue weighted by Gasteiger charge is 2.56. The molecule has 0 saturated heterocycles. The third-order valence-electron chi connectivity index (χ3n) is 14.6. The maximum Gasteiger partial charge on any atom is 0.263 e. The summed E-state index contributed by atoms with van der Waals surface area (Å²) in [7, 11) is 0. The summed E-state index contributed by atoms with van der Waals surface area (Å²) in [5.41, 5.74) is 10.9. The van der Waals surface area contributed by atoms with Crippen LogP contribution in [0.15, 0.2) is 14.2 Å². The van der Waals surface area contributed by atoms with E-state index in [0.717, 1.165) is 19.3 Å². The highest BCUT2D eigenvalue weighted by Crippen LogP contribution is 2.57. The zero-order valence-corrected chi connectivity index (χ0v) is 39.6. The number of nitrogens with two attached hydrogens (primary N) is 2. The van der Waals surface area contributed by atoms with Crippen LogP contribution >= 0.6 is 0 Å². The average Bonchev–Trinajstić information content (AvgIpc) is 3.63. The van der Waals surface area contributed by atoms with Crippen molar-refractivity contribution in [1.82, 2.24) is 20.3 Å². The van der Waals surface area contributed by atoms with E-state index >= 15 is 0 Å². The largest absolute Gasteiger partial charge is 0.409 e. The van der Waals surface area contributed by atoms with E-state index in [2.05, 4.69) is 25.4 Å². The number of nitriles is 1. The lowest BCUT2D eigenvalue weighted by atomic mass is 9.77. The molecule has 10 atom stereocenters. The summed E-state index contributed by atoms with van der Waals surface area (Å²) in [6, 6.07) is 0.715. The minimum absolute atomic E-state index is 0.0282. The Kier molecular flexibility index (Phi) is 19.0. The summed E-state index contributed by atoms with van der Waals surface area (Å²) in [5.74, 6) is -15.0. The molecule has 2 aromatic heterocycles. The van der Waals surface area contributed by atoms with Crippen molar-refractivity contribution in [2.45, 2.75) is 211 Å². The van der Waals surface area contributed by atoms with Crippen LogP contribution in [0.4, 0.5) is 43.9 Å². The van der Waals surface area contributed by atoms with Gasteiger partial charge in [-0.15, -0.1) is 0 Å². The van der Waals surface area contributed by atoms with Crippen LogP contribution in [0.2, 0.25) is 0 Å². The molecule has 6 saturated carbocycles. The number of nitrogens with zero attached hydrogens (tertiary/aromatic N) is 6. The lowest BCUT2D eigenvalue weighted by Crippen LogP contribution is -2.48. The molecule has 6 fully saturated rings. The van der Waals surface area contributed by atoms with Gasteiger partial charge in [0.25, 0.3) is 29.6 Å². The van der Waals surface area contributed by atoms with Crippen molar-refractivity contribution in [2.75, 3.05) is 0 Å². The van der Waals surface area contributed by atoms with Crippen LogP contribution in [0, 0.1) is 52.8 Å².